The number of nitrogens with zero attached hydrogens (tertiary/aromatic N) is 7. The van der Waals surface area contributed by atoms with E-state index in [1.165, 1.54) is 6.07 Å². The molecule has 3 fully saturated rings. The highest BCUT2D eigenvalue weighted by Crippen LogP contribution is 2.36. The Kier molecular flexibility index (Phi) is 15.2. The van der Waals surface area contributed by atoms with Crippen LogP contribution < -0.4 is 15.5 Å². The van der Waals surface area contributed by atoms with Gasteiger partial charge in [-0.2, -0.15) is 0 Å². The maximum Gasteiger partial charge on any atom is 0.262 e. The highest BCUT2D eigenvalue weighted by atomic mass is 19.1. The molecule has 0 bridgehead atoms. The number of rotatable bonds is 21. The first-order valence-corrected chi connectivity index (χ1v) is 23.7. The number of nitrogens with one attached hydrogen (secondary N) is 2. The lowest BCUT2D eigenvalue weighted by molar-refractivity contribution is -0.136. The number of imide groups is 2. The predicted molar refractivity (Wildman–Crippen MR) is 250 cm³/mol. The molecule has 3 aromatic heterocycles. The van der Waals surface area contributed by atoms with Crippen LogP contribution in [-0.2, 0) is 33.3 Å². The summed E-state index contributed by atoms with van der Waals surface area (Å²) in [6, 6.07) is 20.7. The molecular formula is C50H56FN9O9. The number of fused-ring (bicyclic) bond motifs is 2. The van der Waals surface area contributed by atoms with E-state index in [1.54, 1.807) is 36.5 Å². The van der Waals surface area contributed by atoms with Crippen LogP contribution in [0.5, 0.6) is 0 Å². The van der Waals surface area contributed by atoms with E-state index in [4.69, 9.17) is 29.0 Å². The third-order valence-electron chi connectivity index (χ3n) is 13.0. The van der Waals surface area contributed by atoms with Gasteiger partial charge in [0.05, 0.1) is 88.3 Å². The van der Waals surface area contributed by atoms with Crippen LogP contribution in [0.3, 0.4) is 0 Å². The summed E-state index contributed by atoms with van der Waals surface area (Å²) in [6.45, 7) is 5.61. The smallest absolute Gasteiger partial charge is 0.262 e. The number of ether oxygens (including phenoxy) is 4. The van der Waals surface area contributed by atoms with Crippen molar-refractivity contribution in [2.24, 2.45) is 0 Å². The minimum Gasteiger partial charge on any atom is -0.383 e. The molecule has 0 radical (unpaired) electrons. The highest BCUT2D eigenvalue weighted by molar-refractivity contribution is 6.23. The van der Waals surface area contributed by atoms with Gasteiger partial charge in [0.1, 0.15) is 23.4 Å². The van der Waals surface area contributed by atoms with Crippen LogP contribution >= 0.6 is 0 Å². The van der Waals surface area contributed by atoms with Gasteiger partial charge in [-0.3, -0.25) is 39.2 Å². The number of aromatic nitrogens is 4. The van der Waals surface area contributed by atoms with Crippen LogP contribution in [0.2, 0.25) is 0 Å². The number of imidazole rings is 1. The van der Waals surface area contributed by atoms with Gasteiger partial charge in [0.15, 0.2) is 5.65 Å². The standard InChI is InChI=1S/C50H56FN9O9/c51-35-5-1-4-34(30-35)41-8-3-19-58(41)45-13-12-44-53-32-43(60(44)56-45)40-7-2-6-39(54-40)33-15-20-57(21-16-33)47(62)17-22-66-24-26-68-28-29-69-27-25-67-23-18-52-36-9-10-37-38(31-36)50(65)59(49(37)64)42-11-14-46(61)55-48(42)63/h1-2,4-7,9-10,12-13,30-33,41-42,52H,3,8,11,14-29H2,(H,55,61,63)/t41-,42?/m0/s1. The molecule has 2 aromatic carbocycles. The number of carbonyl (C=O) groups excluding carboxylic acids is 5. The van der Waals surface area contributed by atoms with Crippen LogP contribution in [-0.4, -0.2) is 144 Å². The van der Waals surface area contributed by atoms with Crippen molar-refractivity contribution in [3.8, 4) is 11.4 Å². The van der Waals surface area contributed by atoms with Crippen molar-refractivity contribution < 1.29 is 47.3 Å². The maximum atomic E-state index is 14.1. The molecule has 2 atom stereocenters. The quantitative estimate of drug-likeness (QED) is 0.0740. The summed E-state index contributed by atoms with van der Waals surface area (Å²) < 4.78 is 38.4. The first kappa shape index (κ1) is 47.4. The van der Waals surface area contributed by atoms with Crippen molar-refractivity contribution in [3.05, 3.63) is 107 Å². The van der Waals surface area contributed by atoms with Gasteiger partial charge in [-0.1, -0.05) is 18.2 Å². The third-order valence-corrected chi connectivity index (χ3v) is 13.0. The van der Waals surface area contributed by atoms with E-state index >= 15 is 0 Å². The minimum absolute atomic E-state index is 0.0512. The molecular weight excluding hydrogens is 890 g/mol. The van der Waals surface area contributed by atoms with Gasteiger partial charge < -0.3 is 34.1 Å². The summed E-state index contributed by atoms with van der Waals surface area (Å²) in [5, 5.41) is 10.4. The van der Waals surface area contributed by atoms with E-state index < -0.39 is 29.7 Å². The fourth-order valence-electron chi connectivity index (χ4n) is 9.47. The zero-order valence-corrected chi connectivity index (χ0v) is 38.4. The Balaban J connectivity index is 0.611. The Morgan fingerprint density at radius 2 is 1.49 bits per heavy atom. The number of likely N-dealkylation sites (tertiary alicyclic amines) is 1. The SMILES string of the molecule is O=C1CCC(N2C(=O)c3ccc(NCCOCCOCCOCCOCCC(=O)N4CCC(c5cccc(-c6cnc7ccc(N8CCC[C@H]8c8cccc(F)c8)nn67)n5)CC4)cc3C2=O)C(=O)N1. The monoisotopic (exact) mass is 945 g/mol. The molecule has 5 aromatic rings. The second-order valence-electron chi connectivity index (χ2n) is 17.4. The Hall–Kier alpha value is -6.67. The Morgan fingerprint density at radius 1 is 0.754 bits per heavy atom. The molecule has 9 rings (SSSR count). The lowest BCUT2D eigenvalue weighted by Gasteiger charge is -2.32. The predicted octanol–water partition coefficient (Wildman–Crippen LogP) is 4.95. The molecule has 3 saturated heterocycles. The minimum atomic E-state index is -1.01. The number of hydrogen-bond acceptors (Lipinski definition) is 14. The molecule has 18 nitrogen and oxygen atoms in total. The summed E-state index contributed by atoms with van der Waals surface area (Å²) >= 11 is 0. The summed E-state index contributed by atoms with van der Waals surface area (Å²) in [5.41, 5.74) is 5.31. The highest BCUT2D eigenvalue weighted by Gasteiger charge is 2.44. The van der Waals surface area contributed by atoms with Crippen molar-refractivity contribution in [3.63, 3.8) is 0 Å². The number of piperidine rings is 2. The van der Waals surface area contributed by atoms with Gasteiger partial charge in [-0.05, 0) is 92.3 Å². The fourth-order valence-corrected chi connectivity index (χ4v) is 9.47. The van der Waals surface area contributed by atoms with Gasteiger partial charge in [0, 0.05) is 49.9 Å². The van der Waals surface area contributed by atoms with Crippen LogP contribution in [0.1, 0.15) is 88.9 Å². The molecule has 7 heterocycles. The van der Waals surface area contributed by atoms with Gasteiger partial charge in [-0.15, -0.1) is 5.10 Å². The average Bonchev–Trinajstić information content (AvgIpc) is 4.09. The number of anilines is 2. The normalized spacial score (nSPS) is 18.7. The lowest BCUT2D eigenvalue weighted by Crippen LogP contribution is -2.54. The zero-order valence-electron chi connectivity index (χ0n) is 38.4. The number of benzene rings is 2. The molecule has 0 spiro atoms. The lowest BCUT2D eigenvalue weighted by atomic mass is 9.92. The number of carbonyl (C=O) groups is 5. The molecule has 4 aliphatic heterocycles. The number of halogens is 1. The fraction of sp³-hybridized carbons (Fsp3) is 0.440. The molecule has 0 aliphatic carbocycles. The first-order valence-electron chi connectivity index (χ1n) is 23.7. The third kappa shape index (κ3) is 11.1. The Morgan fingerprint density at radius 3 is 2.26 bits per heavy atom. The van der Waals surface area contributed by atoms with Crippen LogP contribution in [0, 0.1) is 5.82 Å². The number of amides is 5. The molecule has 69 heavy (non-hydrogen) atoms. The number of pyridine rings is 1. The molecule has 1 unspecified atom stereocenters. The first-order chi connectivity index (χ1) is 33.7. The van der Waals surface area contributed by atoms with Crippen molar-refractivity contribution in [2.45, 2.75) is 62.9 Å². The molecule has 2 N–H and O–H groups in total. The van der Waals surface area contributed by atoms with E-state index in [1.807, 2.05) is 39.7 Å². The average molecular weight is 946 g/mol. The van der Waals surface area contributed by atoms with Crippen molar-refractivity contribution in [1.29, 1.82) is 0 Å². The number of hydrogen-bond donors (Lipinski definition) is 2. The van der Waals surface area contributed by atoms with Crippen LogP contribution in [0.15, 0.2) is 79.0 Å². The van der Waals surface area contributed by atoms with Crippen molar-refractivity contribution in [1.82, 2.24) is 34.7 Å². The molecule has 4 aliphatic rings. The van der Waals surface area contributed by atoms with Gasteiger partial charge in [0.25, 0.3) is 11.8 Å². The topological polar surface area (TPSA) is 199 Å². The van der Waals surface area contributed by atoms with E-state index in [-0.39, 0.29) is 47.7 Å². The Labute approximate surface area is 398 Å². The van der Waals surface area contributed by atoms with E-state index in [2.05, 4.69) is 26.6 Å². The Bertz CT molecular complexity index is 2670. The van der Waals surface area contributed by atoms with Crippen molar-refractivity contribution in [2.75, 3.05) is 89.3 Å². The van der Waals surface area contributed by atoms with Crippen LogP contribution in [0.4, 0.5) is 15.9 Å². The second kappa shape index (κ2) is 22.2. The summed E-state index contributed by atoms with van der Waals surface area (Å²) in [5.74, 6) is -1.29. The van der Waals surface area contributed by atoms with E-state index in [0.29, 0.717) is 84.6 Å². The van der Waals surface area contributed by atoms with E-state index in [9.17, 15) is 28.4 Å². The van der Waals surface area contributed by atoms with Crippen molar-refractivity contribution >= 4 is 46.7 Å². The maximum absolute atomic E-state index is 14.1. The summed E-state index contributed by atoms with van der Waals surface area (Å²) in [4.78, 5) is 77.5. The van der Waals surface area contributed by atoms with E-state index in [0.717, 1.165) is 71.2 Å². The molecule has 19 heteroatoms. The van der Waals surface area contributed by atoms with Crippen LogP contribution in [0.25, 0.3) is 17.0 Å². The summed E-state index contributed by atoms with van der Waals surface area (Å²) in [6.07, 6.45) is 5.84. The van der Waals surface area contributed by atoms with Gasteiger partial charge in [0.2, 0.25) is 17.7 Å². The molecule has 5 amide bonds. The molecule has 0 saturated carbocycles. The largest absolute Gasteiger partial charge is 0.383 e. The summed E-state index contributed by atoms with van der Waals surface area (Å²) in [7, 11) is 0. The zero-order chi connectivity index (χ0) is 47.7. The second-order valence-corrected chi connectivity index (χ2v) is 17.4. The van der Waals surface area contributed by atoms with Gasteiger partial charge in [-0.25, -0.2) is 13.9 Å². The van der Waals surface area contributed by atoms with Gasteiger partial charge >= 0.3 is 0 Å². The molecule has 362 valence electrons.